The molecule has 1 aliphatic carbocycles. The summed E-state index contributed by atoms with van der Waals surface area (Å²) in [5.41, 5.74) is 1.74. The number of alkyl halides is 2. The first-order chi connectivity index (χ1) is 4.44. The summed E-state index contributed by atoms with van der Waals surface area (Å²) < 4.78 is -0.240. The molecular weight excluding hydrogens is 264 g/mol. The second-order valence-corrected chi connectivity index (χ2v) is 6.46. The van der Waals surface area contributed by atoms with E-state index in [1.165, 1.54) is 0 Å². The zero-order chi connectivity index (χ0) is 7.99. The Morgan fingerprint density at radius 2 is 2.10 bits per heavy atom. The number of hydrazine groups is 1. The highest BCUT2D eigenvalue weighted by molar-refractivity contribution is 9.25. The van der Waals surface area contributed by atoms with Crippen molar-refractivity contribution in [2.45, 2.75) is 16.6 Å². The minimum absolute atomic E-state index is 0.138. The smallest absolute Gasteiger partial charge is 0.242 e. The molecule has 5 heteroatoms. The number of carbonyl (C=O) groups excluding carboxylic acids is 1. The summed E-state index contributed by atoms with van der Waals surface area (Å²) in [5.74, 6) is 4.84. The van der Waals surface area contributed by atoms with Crippen molar-refractivity contribution in [3.8, 4) is 0 Å². The van der Waals surface area contributed by atoms with Crippen LogP contribution in [0.3, 0.4) is 0 Å². The molecule has 10 heavy (non-hydrogen) atoms. The van der Waals surface area contributed by atoms with Gasteiger partial charge in [0.1, 0.15) is 0 Å². The molecule has 0 bridgehead atoms. The summed E-state index contributed by atoms with van der Waals surface area (Å²) >= 11 is 6.70. The molecule has 1 atom stereocenters. The van der Waals surface area contributed by atoms with Gasteiger partial charge in [0.2, 0.25) is 5.91 Å². The van der Waals surface area contributed by atoms with E-state index in [-0.39, 0.29) is 14.6 Å². The molecule has 0 aromatic heterocycles. The summed E-state index contributed by atoms with van der Waals surface area (Å²) in [6, 6.07) is 0. The van der Waals surface area contributed by atoms with E-state index in [1.807, 2.05) is 6.92 Å². The van der Waals surface area contributed by atoms with Crippen LogP contribution in [-0.2, 0) is 4.79 Å². The van der Waals surface area contributed by atoms with Crippen molar-refractivity contribution in [2.75, 3.05) is 0 Å². The summed E-state index contributed by atoms with van der Waals surface area (Å²) in [7, 11) is 0. The number of hydrogen-bond acceptors (Lipinski definition) is 2. The molecule has 0 spiro atoms. The molecule has 0 aliphatic heterocycles. The first-order valence-corrected chi connectivity index (χ1v) is 4.41. The second kappa shape index (κ2) is 2.19. The van der Waals surface area contributed by atoms with Gasteiger partial charge in [-0.25, -0.2) is 5.84 Å². The maximum atomic E-state index is 11.0. The second-order valence-electron chi connectivity index (χ2n) is 2.69. The van der Waals surface area contributed by atoms with Gasteiger partial charge in [-0.1, -0.05) is 31.9 Å². The minimum Gasteiger partial charge on any atom is -0.294 e. The maximum Gasteiger partial charge on any atom is 0.242 e. The van der Waals surface area contributed by atoms with Crippen molar-refractivity contribution in [1.29, 1.82) is 0 Å². The largest absolute Gasteiger partial charge is 0.294 e. The molecule has 0 radical (unpaired) electrons. The monoisotopic (exact) mass is 270 g/mol. The SMILES string of the molecule is C[C@@]1(C(=O)NN)CC1(Br)Br. The highest BCUT2D eigenvalue weighted by Gasteiger charge is 2.66. The molecule has 1 amide bonds. The van der Waals surface area contributed by atoms with E-state index in [9.17, 15) is 4.79 Å². The number of hydrogen-bond donors (Lipinski definition) is 2. The van der Waals surface area contributed by atoms with Gasteiger partial charge in [0, 0.05) is 0 Å². The van der Waals surface area contributed by atoms with Crippen LogP contribution in [0.2, 0.25) is 0 Å². The van der Waals surface area contributed by atoms with E-state index in [0.29, 0.717) is 0 Å². The van der Waals surface area contributed by atoms with Crippen LogP contribution in [0.4, 0.5) is 0 Å². The molecule has 1 saturated carbocycles. The van der Waals surface area contributed by atoms with Gasteiger partial charge in [-0.2, -0.15) is 0 Å². The van der Waals surface area contributed by atoms with Crippen LogP contribution in [0.15, 0.2) is 0 Å². The van der Waals surface area contributed by atoms with Crippen molar-refractivity contribution in [2.24, 2.45) is 11.3 Å². The predicted octanol–water partition coefficient (Wildman–Crippen LogP) is 0.872. The molecule has 0 saturated heterocycles. The first kappa shape index (κ1) is 8.49. The fourth-order valence-corrected chi connectivity index (χ4v) is 2.29. The van der Waals surface area contributed by atoms with Crippen LogP contribution in [-0.4, -0.2) is 9.14 Å². The van der Waals surface area contributed by atoms with Crippen LogP contribution in [0.25, 0.3) is 0 Å². The highest BCUT2D eigenvalue weighted by Crippen LogP contribution is 2.66. The van der Waals surface area contributed by atoms with Gasteiger partial charge in [-0.05, 0) is 13.3 Å². The standard InChI is InChI=1S/C5H8Br2N2O/c1-4(3(10)9-8)2-5(4,6)7/h2,8H2,1H3,(H,9,10)/t4-/m0/s1. The van der Waals surface area contributed by atoms with E-state index in [1.54, 1.807) is 0 Å². The van der Waals surface area contributed by atoms with Gasteiger partial charge in [-0.15, -0.1) is 0 Å². The average Bonchev–Trinajstić information content (AvgIpc) is 2.32. The topological polar surface area (TPSA) is 55.1 Å². The van der Waals surface area contributed by atoms with Gasteiger partial charge in [0.25, 0.3) is 0 Å². The minimum atomic E-state index is -0.387. The Balaban J connectivity index is 2.68. The number of nitrogens with one attached hydrogen (secondary N) is 1. The molecule has 0 aromatic rings. The van der Waals surface area contributed by atoms with E-state index in [0.717, 1.165) is 6.42 Å². The third kappa shape index (κ3) is 1.00. The maximum absolute atomic E-state index is 11.0. The fraction of sp³-hybridized carbons (Fsp3) is 0.800. The van der Waals surface area contributed by atoms with Crippen molar-refractivity contribution in [3.63, 3.8) is 0 Å². The van der Waals surface area contributed by atoms with Crippen LogP contribution < -0.4 is 11.3 Å². The zero-order valence-corrected chi connectivity index (χ0v) is 8.62. The lowest BCUT2D eigenvalue weighted by atomic mass is 10.1. The Bertz CT molecular complexity index is 182. The lowest BCUT2D eigenvalue weighted by molar-refractivity contribution is -0.125. The van der Waals surface area contributed by atoms with E-state index >= 15 is 0 Å². The number of amides is 1. The summed E-state index contributed by atoms with van der Waals surface area (Å²) in [5, 5.41) is 0. The van der Waals surface area contributed by atoms with Gasteiger partial charge in [0.15, 0.2) is 0 Å². The van der Waals surface area contributed by atoms with E-state index in [4.69, 9.17) is 5.84 Å². The normalized spacial score (nSPS) is 35.2. The van der Waals surface area contributed by atoms with E-state index < -0.39 is 0 Å². The Kier molecular flexibility index (Phi) is 1.85. The summed E-state index contributed by atoms with van der Waals surface area (Å²) in [4.78, 5) is 11.0. The number of nitrogens with two attached hydrogens (primary N) is 1. The van der Waals surface area contributed by atoms with Crippen LogP contribution in [0.5, 0.6) is 0 Å². The third-order valence-electron chi connectivity index (χ3n) is 1.89. The fourth-order valence-electron chi connectivity index (χ4n) is 0.806. The number of rotatable bonds is 1. The van der Waals surface area contributed by atoms with Crippen molar-refractivity contribution in [3.05, 3.63) is 0 Å². The van der Waals surface area contributed by atoms with Crippen molar-refractivity contribution >= 4 is 37.8 Å². The average molecular weight is 272 g/mol. The third-order valence-corrected chi connectivity index (χ3v) is 4.20. The highest BCUT2D eigenvalue weighted by atomic mass is 79.9. The Morgan fingerprint density at radius 3 is 2.20 bits per heavy atom. The van der Waals surface area contributed by atoms with E-state index in [2.05, 4.69) is 37.3 Å². The molecule has 1 rings (SSSR count). The zero-order valence-electron chi connectivity index (χ0n) is 5.45. The molecule has 58 valence electrons. The van der Waals surface area contributed by atoms with Crippen molar-refractivity contribution < 1.29 is 4.79 Å². The van der Waals surface area contributed by atoms with Gasteiger partial charge in [0.05, 0.1) is 8.65 Å². The number of carbonyl (C=O) groups is 1. The molecule has 0 unspecified atom stereocenters. The van der Waals surface area contributed by atoms with Gasteiger partial charge in [-0.3, -0.25) is 10.2 Å². The Labute approximate surface area is 75.9 Å². The van der Waals surface area contributed by atoms with Crippen molar-refractivity contribution in [1.82, 2.24) is 5.43 Å². The molecule has 0 heterocycles. The molecule has 1 aliphatic rings. The Morgan fingerprint density at radius 1 is 1.70 bits per heavy atom. The lowest BCUT2D eigenvalue weighted by Gasteiger charge is -2.08. The molecule has 3 nitrogen and oxygen atoms in total. The van der Waals surface area contributed by atoms with Crippen LogP contribution >= 0.6 is 31.9 Å². The quantitative estimate of drug-likeness (QED) is 0.322. The van der Waals surface area contributed by atoms with Gasteiger partial charge < -0.3 is 0 Å². The summed E-state index contributed by atoms with van der Waals surface area (Å²) in [6.45, 7) is 1.85. The lowest BCUT2D eigenvalue weighted by Crippen LogP contribution is -2.37. The van der Waals surface area contributed by atoms with Crippen LogP contribution in [0, 0.1) is 5.41 Å². The Hall–Kier alpha value is 0.390. The molecule has 1 fully saturated rings. The molecule has 3 N–H and O–H groups in total. The molecular formula is C5H8Br2N2O. The first-order valence-electron chi connectivity index (χ1n) is 2.83. The van der Waals surface area contributed by atoms with Gasteiger partial charge >= 0.3 is 0 Å². The summed E-state index contributed by atoms with van der Waals surface area (Å²) in [6.07, 6.45) is 0.767. The number of halogens is 2. The van der Waals surface area contributed by atoms with Crippen LogP contribution in [0.1, 0.15) is 13.3 Å². The molecule has 0 aromatic carbocycles. The predicted molar refractivity (Wildman–Crippen MR) is 45.6 cm³/mol.